The molecule has 3 aliphatic rings. The van der Waals surface area contributed by atoms with Crippen LogP contribution in [0.1, 0.15) is 42.4 Å². The minimum absolute atomic E-state index is 0.789. The summed E-state index contributed by atoms with van der Waals surface area (Å²) in [4.78, 5) is 12.1. The van der Waals surface area contributed by atoms with E-state index in [1.165, 1.54) is 75.1 Å². The van der Waals surface area contributed by atoms with Gasteiger partial charge in [-0.15, -0.1) is 0 Å². The van der Waals surface area contributed by atoms with E-state index < -0.39 is 0 Å². The van der Waals surface area contributed by atoms with E-state index in [2.05, 4.69) is 57.1 Å². The number of pyridine rings is 1. The van der Waals surface area contributed by atoms with Crippen LogP contribution in [0, 0.1) is 5.92 Å². The van der Waals surface area contributed by atoms with Crippen molar-refractivity contribution in [3.63, 3.8) is 0 Å². The summed E-state index contributed by atoms with van der Waals surface area (Å²) < 4.78 is 5.71. The molecule has 0 bridgehead atoms. The quantitative estimate of drug-likeness (QED) is 0.661. The Morgan fingerprint density at radius 2 is 1.69 bits per heavy atom. The van der Waals surface area contributed by atoms with Crippen LogP contribution in [0.3, 0.4) is 0 Å². The highest BCUT2D eigenvalue weighted by atomic mass is 16.5. The Balaban J connectivity index is 1.20. The summed E-state index contributed by atoms with van der Waals surface area (Å²) in [7, 11) is 2.26. The zero-order valence-electron chi connectivity index (χ0n) is 19.6. The van der Waals surface area contributed by atoms with Gasteiger partial charge >= 0.3 is 0 Å². The van der Waals surface area contributed by atoms with Crippen LogP contribution in [0.15, 0.2) is 42.7 Å². The van der Waals surface area contributed by atoms with Crippen molar-refractivity contribution in [1.82, 2.24) is 19.7 Å². The van der Waals surface area contributed by atoms with Crippen LogP contribution in [0.4, 0.5) is 0 Å². The van der Waals surface area contributed by atoms with Gasteiger partial charge in [0.2, 0.25) is 0 Å². The molecule has 32 heavy (non-hydrogen) atoms. The standard InChI is InChI=1S/C27H38N4O/c1-29-13-8-26(9-14-29)31-15-6-23(7-16-31)20-30(19-22-4-11-28-12-5-22)21-24-2-3-27-25(18-24)10-17-32-27/h2-5,11-12,18,23,26H,6-10,13-17,19-21H2,1H3. The van der Waals surface area contributed by atoms with Crippen LogP contribution < -0.4 is 4.74 Å². The van der Waals surface area contributed by atoms with Crippen LogP contribution in [0.25, 0.3) is 0 Å². The Morgan fingerprint density at radius 3 is 2.47 bits per heavy atom. The van der Waals surface area contributed by atoms with Crippen molar-refractivity contribution < 1.29 is 4.74 Å². The molecule has 5 heteroatoms. The van der Waals surface area contributed by atoms with Crippen molar-refractivity contribution in [3.05, 3.63) is 59.4 Å². The molecular formula is C27H38N4O. The van der Waals surface area contributed by atoms with Gasteiger partial charge in [0.25, 0.3) is 0 Å². The highest BCUT2D eigenvalue weighted by molar-refractivity contribution is 5.39. The molecule has 0 aliphatic carbocycles. The maximum Gasteiger partial charge on any atom is 0.122 e. The topological polar surface area (TPSA) is 31.8 Å². The first-order valence-corrected chi connectivity index (χ1v) is 12.5. The van der Waals surface area contributed by atoms with E-state index in [0.29, 0.717) is 0 Å². The molecule has 172 valence electrons. The first kappa shape index (κ1) is 21.9. The number of likely N-dealkylation sites (tertiary alicyclic amines) is 2. The molecular weight excluding hydrogens is 396 g/mol. The molecule has 3 aliphatic heterocycles. The van der Waals surface area contributed by atoms with Gasteiger partial charge in [-0.25, -0.2) is 0 Å². The van der Waals surface area contributed by atoms with Crippen LogP contribution >= 0.6 is 0 Å². The van der Waals surface area contributed by atoms with E-state index in [-0.39, 0.29) is 0 Å². The number of aromatic nitrogens is 1. The normalized spacial score (nSPS) is 21.1. The van der Waals surface area contributed by atoms with Crippen LogP contribution in [0.5, 0.6) is 5.75 Å². The highest BCUT2D eigenvalue weighted by Crippen LogP contribution is 2.28. The molecule has 0 spiro atoms. The lowest BCUT2D eigenvalue weighted by Crippen LogP contribution is -2.47. The van der Waals surface area contributed by atoms with E-state index in [1.807, 2.05) is 12.4 Å². The molecule has 0 unspecified atom stereocenters. The summed E-state index contributed by atoms with van der Waals surface area (Å²) in [6.07, 6.45) is 10.2. The lowest BCUT2D eigenvalue weighted by Gasteiger charge is -2.42. The van der Waals surface area contributed by atoms with Crippen LogP contribution in [0.2, 0.25) is 0 Å². The minimum atomic E-state index is 0.789. The number of piperidine rings is 2. The first-order chi connectivity index (χ1) is 15.7. The van der Waals surface area contributed by atoms with Gasteiger partial charge in [-0.1, -0.05) is 12.1 Å². The number of fused-ring (bicyclic) bond motifs is 1. The third-order valence-corrected chi connectivity index (χ3v) is 7.69. The average molecular weight is 435 g/mol. The molecule has 0 atom stereocenters. The lowest BCUT2D eigenvalue weighted by atomic mass is 9.92. The third kappa shape index (κ3) is 5.51. The predicted molar refractivity (Wildman–Crippen MR) is 129 cm³/mol. The summed E-state index contributed by atoms with van der Waals surface area (Å²) in [6, 6.07) is 11.9. The zero-order chi connectivity index (χ0) is 21.8. The number of nitrogens with zero attached hydrogens (tertiary/aromatic N) is 4. The van der Waals surface area contributed by atoms with E-state index >= 15 is 0 Å². The van der Waals surface area contributed by atoms with Crippen LogP contribution in [-0.4, -0.2) is 72.1 Å². The SMILES string of the molecule is CN1CCC(N2CCC(CN(Cc3ccncc3)Cc3ccc4c(c3)CCO4)CC2)CC1. The van der Waals surface area contributed by atoms with Gasteiger partial charge in [-0.05, 0) is 99.7 Å². The summed E-state index contributed by atoms with van der Waals surface area (Å²) >= 11 is 0. The first-order valence-electron chi connectivity index (χ1n) is 12.5. The molecule has 5 nitrogen and oxygen atoms in total. The van der Waals surface area contributed by atoms with Gasteiger partial charge in [0.1, 0.15) is 5.75 Å². The van der Waals surface area contributed by atoms with Crippen molar-refractivity contribution in [1.29, 1.82) is 0 Å². The van der Waals surface area contributed by atoms with Crippen LogP contribution in [-0.2, 0) is 19.5 Å². The molecule has 1 aromatic carbocycles. The second-order valence-corrected chi connectivity index (χ2v) is 10.1. The third-order valence-electron chi connectivity index (χ3n) is 7.69. The maximum atomic E-state index is 5.71. The number of ether oxygens (including phenoxy) is 1. The van der Waals surface area contributed by atoms with Crippen molar-refractivity contribution in [2.75, 3.05) is 46.4 Å². The fraction of sp³-hybridized carbons (Fsp3) is 0.593. The molecule has 2 fully saturated rings. The Labute approximate surface area is 193 Å². The van der Waals surface area contributed by atoms with Gasteiger partial charge in [0, 0.05) is 44.5 Å². The van der Waals surface area contributed by atoms with E-state index in [1.54, 1.807) is 0 Å². The maximum absolute atomic E-state index is 5.71. The molecule has 4 heterocycles. The van der Waals surface area contributed by atoms with E-state index in [9.17, 15) is 0 Å². The fourth-order valence-corrected chi connectivity index (χ4v) is 5.75. The number of rotatable bonds is 7. The average Bonchev–Trinajstić information content (AvgIpc) is 3.29. The van der Waals surface area contributed by atoms with E-state index in [0.717, 1.165) is 43.8 Å². The molecule has 0 N–H and O–H groups in total. The van der Waals surface area contributed by atoms with E-state index in [4.69, 9.17) is 4.74 Å². The molecule has 2 saturated heterocycles. The Hall–Kier alpha value is -1.95. The number of hydrogen-bond donors (Lipinski definition) is 0. The number of benzene rings is 1. The van der Waals surface area contributed by atoms with Crippen molar-refractivity contribution in [3.8, 4) is 5.75 Å². The largest absolute Gasteiger partial charge is 0.493 e. The summed E-state index contributed by atoms with van der Waals surface area (Å²) in [5, 5.41) is 0. The van der Waals surface area contributed by atoms with Gasteiger partial charge < -0.3 is 14.5 Å². The summed E-state index contributed by atoms with van der Waals surface area (Å²) in [6.45, 7) is 9.07. The molecule has 2 aromatic rings. The number of hydrogen-bond acceptors (Lipinski definition) is 5. The van der Waals surface area contributed by atoms with Gasteiger partial charge in [-0.3, -0.25) is 9.88 Å². The Kier molecular flexibility index (Phi) is 7.06. The highest BCUT2D eigenvalue weighted by Gasteiger charge is 2.28. The summed E-state index contributed by atoms with van der Waals surface area (Å²) in [5.41, 5.74) is 4.14. The molecule has 5 rings (SSSR count). The lowest BCUT2D eigenvalue weighted by molar-refractivity contribution is 0.0728. The zero-order valence-corrected chi connectivity index (χ0v) is 19.6. The second-order valence-electron chi connectivity index (χ2n) is 10.1. The molecule has 0 amide bonds. The van der Waals surface area contributed by atoms with Gasteiger partial charge in [-0.2, -0.15) is 0 Å². The monoisotopic (exact) mass is 434 g/mol. The molecule has 0 radical (unpaired) electrons. The molecule has 1 aromatic heterocycles. The van der Waals surface area contributed by atoms with Crippen molar-refractivity contribution in [2.45, 2.75) is 51.2 Å². The minimum Gasteiger partial charge on any atom is -0.493 e. The predicted octanol–water partition coefficient (Wildman–Crippen LogP) is 3.82. The van der Waals surface area contributed by atoms with Crippen molar-refractivity contribution in [2.24, 2.45) is 5.92 Å². The second kappa shape index (κ2) is 10.3. The van der Waals surface area contributed by atoms with Gasteiger partial charge in [0.05, 0.1) is 6.61 Å². The molecule has 0 saturated carbocycles. The Morgan fingerprint density at radius 1 is 0.938 bits per heavy atom. The smallest absolute Gasteiger partial charge is 0.122 e. The summed E-state index contributed by atoms with van der Waals surface area (Å²) in [5.74, 6) is 1.87. The van der Waals surface area contributed by atoms with Gasteiger partial charge in [0.15, 0.2) is 0 Å². The Bertz CT molecular complexity index is 857. The van der Waals surface area contributed by atoms with Crippen molar-refractivity contribution >= 4 is 0 Å². The fourth-order valence-electron chi connectivity index (χ4n) is 5.75.